The number of hydrogen-bond acceptors (Lipinski definition) is 5. The normalized spacial score (nSPS) is 11.5. The van der Waals surface area contributed by atoms with E-state index in [1.807, 2.05) is 12.1 Å². The number of nitrogens with one attached hydrogen (secondary N) is 1. The molecule has 1 N–H and O–H groups in total. The van der Waals surface area contributed by atoms with Crippen LogP contribution in [0.1, 0.15) is 0 Å². The molecule has 27 heavy (non-hydrogen) atoms. The molecule has 0 aliphatic heterocycles. The molecule has 0 bridgehead atoms. The van der Waals surface area contributed by atoms with Gasteiger partial charge in [-0.1, -0.05) is 60.7 Å². The molecule has 0 saturated heterocycles. The molecule has 0 aromatic heterocycles. The predicted molar refractivity (Wildman–Crippen MR) is 103 cm³/mol. The smallest absolute Gasteiger partial charge is 0.744 e. The van der Waals surface area contributed by atoms with E-state index >= 15 is 0 Å². The summed E-state index contributed by atoms with van der Waals surface area (Å²) in [6.07, 6.45) is 0. The molecule has 8 heteroatoms. The zero-order valence-corrected chi connectivity index (χ0v) is 18.7. The maximum absolute atomic E-state index is 14.3. The zero-order chi connectivity index (χ0) is 18.8. The summed E-state index contributed by atoms with van der Waals surface area (Å²) in [4.78, 5) is -0.404. The van der Waals surface area contributed by atoms with Crippen LogP contribution in [-0.4, -0.2) is 20.0 Å². The van der Waals surface area contributed by atoms with E-state index in [2.05, 4.69) is 5.32 Å². The SMILES string of the molecule is CNc1ccc(S(=O)(=O)[O-])cc1P(=O)(c1ccccc1)c1ccccc1.[Na+]. The van der Waals surface area contributed by atoms with Crippen LogP contribution in [0.25, 0.3) is 0 Å². The van der Waals surface area contributed by atoms with E-state index in [4.69, 9.17) is 0 Å². The van der Waals surface area contributed by atoms with Gasteiger partial charge in [0.1, 0.15) is 10.1 Å². The summed E-state index contributed by atoms with van der Waals surface area (Å²) in [6, 6.07) is 21.6. The minimum atomic E-state index is -4.67. The van der Waals surface area contributed by atoms with Crippen molar-refractivity contribution < 1.29 is 47.1 Å². The van der Waals surface area contributed by atoms with Gasteiger partial charge in [0.15, 0.2) is 7.14 Å². The molecule has 3 aromatic carbocycles. The molecule has 5 nitrogen and oxygen atoms in total. The molecule has 0 aliphatic carbocycles. The van der Waals surface area contributed by atoms with Gasteiger partial charge in [-0.3, -0.25) is 0 Å². The van der Waals surface area contributed by atoms with Crippen LogP contribution in [0.3, 0.4) is 0 Å². The van der Waals surface area contributed by atoms with Crippen LogP contribution in [0, 0.1) is 0 Å². The second-order valence-corrected chi connectivity index (χ2v) is 9.78. The van der Waals surface area contributed by atoms with Crippen LogP contribution in [-0.2, 0) is 14.7 Å². The molecule has 0 amide bonds. The Balaban J connectivity index is 0.00000261. The van der Waals surface area contributed by atoms with Crippen molar-refractivity contribution >= 4 is 38.9 Å². The first kappa shape index (κ1) is 21.9. The summed E-state index contributed by atoms with van der Waals surface area (Å²) in [5, 5.41) is 4.35. The summed E-state index contributed by atoms with van der Waals surface area (Å²) >= 11 is 0. The first-order valence-electron chi connectivity index (χ1n) is 7.87. The first-order valence-corrected chi connectivity index (χ1v) is 11.0. The number of benzene rings is 3. The summed E-state index contributed by atoms with van der Waals surface area (Å²) in [5.74, 6) is 0. The van der Waals surface area contributed by atoms with E-state index in [9.17, 15) is 17.5 Å². The molecule has 0 fully saturated rings. The number of anilines is 1. The van der Waals surface area contributed by atoms with Crippen LogP contribution < -0.4 is 50.8 Å². The van der Waals surface area contributed by atoms with Crippen molar-refractivity contribution in [3.8, 4) is 0 Å². The van der Waals surface area contributed by atoms with Gasteiger partial charge in [0, 0.05) is 28.6 Å². The van der Waals surface area contributed by atoms with Crippen LogP contribution >= 0.6 is 7.14 Å². The van der Waals surface area contributed by atoms with Crippen LogP contribution in [0.5, 0.6) is 0 Å². The first-order chi connectivity index (χ1) is 12.4. The molecule has 0 atom stereocenters. The Hall–Kier alpha value is -1.40. The van der Waals surface area contributed by atoms with Crippen molar-refractivity contribution in [1.29, 1.82) is 0 Å². The van der Waals surface area contributed by atoms with Gasteiger partial charge in [-0.05, 0) is 18.2 Å². The number of rotatable bonds is 5. The molecule has 0 saturated carbocycles. The molecular weight excluding hydrogens is 392 g/mol. The average molecular weight is 409 g/mol. The van der Waals surface area contributed by atoms with Gasteiger partial charge in [0.25, 0.3) is 0 Å². The molecule has 0 unspecified atom stereocenters. The topological polar surface area (TPSA) is 86.3 Å². The summed E-state index contributed by atoms with van der Waals surface area (Å²) in [7, 11) is -6.41. The fraction of sp³-hybridized carbons (Fsp3) is 0.0526. The van der Waals surface area contributed by atoms with Gasteiger partial charge in [-0.2, -0.15) is 0 Å². The third kappa shape index (κ3) is 4.37. The van der Waals surface area contributed by atoms with Crippen molar-refractivity contribution in [3.63, 3.8) is 0 Å². The van der Waals surface area contributed by atoms with Gasteiger partial charge in [-0.25, -0.2) is 8.42 Å². The molecule has 0 spiro atoms. The van der Waals surface area contributed by atoms with Crippen molar-refractivity contribution in [2.45, 2.75) is 4.90 Å². The van der Waals surface area contributed by atoms with E-state index < -0.39 is 22.2 Å². The third-order valence-electron chi connectivity index (χ3n) is 4.11. The molecule has 3 rings (SSSR count). The molecule has 3 aromatic rings. The van der Waals surface area contributed by atoms with Crippen molar-refractivity contribution in [3.05, 3.63) is 78.9 Å². The van der Waals surface area contributed by atoms with Gasteiger partial charge in [-0.15, -0.1) is 0 Å². The third-order valence-corrected chi connectivity index (χ3v) is 8.04. The second kappa shape index (κ2) is 8.74. The Morgan fingerprint density at radius 2 is 1.33 bits per heavy atom. The van der Waals surface area contributed by atoms with E-state index in [0.717, 1.165) is 0 Å². The van der Waals surface area contributed by atoms with Gasteiger partial charge < -0.3 is 14.4 Å². The minimum Gasteiger partial charge on any atom is -0.744 e. The molecule has 0 aliphatic rings. The fourth-order valence-corrected chi connectivity index (χ4v) is 6.31. The predicted octanol–water partition coefficient (Wildman–Crippen LogP) is -0.724. The van der Waals surface area contributed by atoms with Crippen molar-refractivity contribution in [2.75, 3.05) is 12.4 Å². The molecule has 0 heterocycles. The Morgan fingerprint density at radius 3 is 1.74 bits per heavy atom. The Morgan fingerprint density at radius 1 is 0.852 bits per heavy atom. The van der Waals surface area contributed by atoms with Gasteiger partial charge in [0.2, 0.25) is 0 Å². The number of hydrogen-bond donors (Lipinski definition) is 1. The molecular formula is C19H17NNaO4PS. The minimum absolute atomic E-state index is 0. The van der Waals surface area contributed by atoms with Gasteiger partial charge >= 0.3 is 29.6 Å². The quantitative estimate of drug-likeness (QED) is 0.341. The van der Waals surface area contributed by atoms with Crippen LogP contribution in [0.15, 0.2) is 83.8 Å². The monoisotopic (exact) mass is 409 g/mol. The van der Waals surface area contributed by atoms with Crippen molar-refractivity contribution in [1.82, 2.24) is 0 Å². The second-order valence-electron chi connectivity index (χ2n) is 5.66. The summed E-state index contributed by atoms with van der Waals surface area (Å²) in [6.45, 7) is 0. The molecule has 0 radical (unpaired) electrons. The maximum Gasteiger partial charge on any atom is 1.00 e. The van der Waals surface area contributed by atoms with E-state index in [-0.39, 0.29) is 34.9 Å². The zero-order valence-electron chi connectivity index (χ0n) is 15.0. The average Bonchev–Trinajstić information content (AvgIpc) is 2.67. The Kier molecular flexibility index (Phi) is 7.09. The van der Waals surface area contributed by atoms with Crippen LogP contribution in [0.4, 0.5) is 5.69 Å². The molecule has 134 valence electrons. The fourth-order valence-electron chi connectivity index (χ4n) is 2.84. The maximum atomic E-state index is 14.3. The summed E-state index contributed by atoms with van der Waals surface area (Å²) < 4.78 is 48.9. The largest absolute Gasteiger partial charge is 1.00 e. The van der Waals surface area contributed by atoms with Crippen molar-refractivity contribution in [2.24, 2.45) is 0 Å². The summed E-state index contributed by atoms with van der Waals surface area (Å²) in [5.41, 5.74) is 0.508. The standard InChI is InChI=1S/C19H18NO4PS.Na/c1-20-18-13-12-17(26(22,23)24)14-19(18)25(21,15-8-4-2-5-9-15)16-10-6-3-7-11-16;/h2-14,20H,1H3,(H,22,23,24);/q;+1/p-1. The van der Waals surface area contributed by atoms with Gasteiger partial charge in [0.05, 0.1) is 4.90 Å². The van der Waals surface area contributed by atoms with E-state index in [1.165, 1.54) is 18.2 Å². The Bertz CT molecular complexity index is 1030. The van der Waals surface area contributed by atoms with E-state index in [1.54, 1.807) is 55.6 Å². The Labute approximate surface area is 181 Å². The van der Waals surface area contributed by atoms with Crippen LogP contribution in [0.2, 0.25) is 0 Å². The van der Waals surface area contributed by atoms with E-state index in [0.29, 0.717) is 16.3 Å².